The third-order valence-corrected chi connectivity index (χ3v) is 2.52. The Morgan fingerprint density at radius 1 is 1.53 bits per heavy atom. The second kappa shape index (κ2) is 3.92. The minimum atomic E-state index is -0.356. The summed E-state index contributed by atoms with van der Waals surface area (Å²) in [7, 11) is 1.62. The number of benzene rings is 1. The third kappa shape index (κ3) is 1.69. The van der Waals surface area contributed by atoms with Crippen LogP contribution in [0.5, 0.6) is 5.75 Å². The Balaban J connectivity index is 2.56. The van der Waals surface area contributed by atoms with Gasteiger partial charge in [0, 0.05) is 17.1 Å². The fourth-order valence-corrected chi connectivity index (χ4v) is 1.65. The van der Waals surface area contributed by atoms with Crippen molar-refractivity contribution in [1.82, 2.24) is 4.98 Å². The Bertz CT molecular complexity index is 465. The van der Waals surface area contributed by atoms with E-state index in [1.54, 1.807) is 7.11 Å². The molecule has 1 aromatic carbocycles. The van der Waals surface area contributed by atoms with Crippen LogP contribution < -0.4 is 10.5 Å². The third-order valence-electron chi connectivity index (χ3n) is 2.52. The Hall–Kier alpha value is -1.52. The average Bonchev–Trinajstić information content (AvgIpc) is 2.70. The number of nitrogens with one attached hydrogen (secondary N) is 1. The summed E-state index contributed by atoms with van der Waals surface area (Å²) >= 11 is 0. The van der Waals surface area contributed by atoms with Gasteiger partial charge in [0.1, 0.15) is 5.75 Å². The quantitative estimate of drug-likeness (QED) is 0.706. The van der Waals surface area contributed by atoms with E-state index in [2.05, 4.69) is 4.98 Å². The van der Waals surface area contributed by atoms with E-state index in [1.165, 1.54) is 0 Å². The molecule has 4 heteroatoms. The van der Waals surface area contributed by atoms with E-state index in [0.717, 1.165) is 22.2 Å². The maximum atomic E-state index is 9.02. The molecule has 0 aliphatic carbocycles. The smallest absolute Gasteiger partial charge is 0.119 e. The average molecular weight is 206 g/mol. The van der Waals surface area contributed by atoms with E-state index in [-0.39, 0.29) is 12.6 Å². The number of ether oxygens (including phenoxy) is 1. The van der Waals surface area contributed by atoms with Crippen LogP contribution in [0, 0.1) is 0 Å². The predicted octanol–water partition coefficient (Wildman–Crippen LogP) is 1.17. The minimum absolute atomic E-state index is 0.0653. The number of rotatable bonds is 3. The van der Waals surface area contributed by atoms with Crippen LogP contribution in [0.2, 0.25) is 0 Å². The number of hydrogen-bond acceptors (Lipinski definition) is 3. The first-order chi connectivity index (χ1) is 7.26. The van der Waals surface area contributed by atoms with Crippen LogP contribution >= 0.6 is 0 Å². The first kappa shape index (κ1) is 10.0. The Kier molecular flexibility index (Phi) is 2.62. The molecule has 1 atom stereocenters. The molecule has 1 aromatic heterocycles. The number of aliphatic hydroxyl groups excluding tert-OH is 1. The summed E-state index contributed by atoms with van der Waals surface area (Å²) in [6.45, 7) is -0.0653. The molecule has 80 valence electrons. The van der Waals surface area contributed by atoms with Gasteiger partial charge in [-0.1, -0.05) is 0 Å². The fourth-order valence-electron chi connectivity index (χ4n) is 1.65. The van der Waals surface area contributed by atoms with Crippen molar-refractivity contribution >= 4 is 10.9 Å². The Labute approximate surface area is 87.7 Å². The van der Waals surface area contributed by atoms with Crippen molar-refractivity contribution in [2.45, 2.75) is 6.04 Å². The fraction of sp³-hybridized carbons (Fsp3) is 0.273. The highest BCUT2D eigenvalue weighted by molar-refractivity contribution is 5.85. The zero-order valence-electron chi connectivity index (χ0n) is 8.53. The number of H-pyrrole nitrogens is 1. The number of nitrogens with two attached hydrogens (primary N) is 1. The first-order valence-corrected chi connectivity index (χ1v) is 4.77. The highest BCUT2D eigenvalue weighted by Crippen LogP contribution is 2.26. The molecule has 0 fully saturated rings. The minimum Gasteiger partial charge on any atom is -0.497 e. The number of aliphatic hydroxyl groups is 1. The molecule has 4 nitrogen and oxygen atoms in total. The summed E-state index contributed by atoms with van der Waals surface area (Å²) in [5.41, 5.74) is 7.69. The van der Waals surface area contributed by atoms with Crippen molar-refractivity contribution in [3.05, 3.63) is 30.0 Å². The van der Waals surface area contributed by atoms with Gasteiger partial charge in [-0.25, -0.2) is 0 Å². The second-order valence-corrected chi connectivity index (χ2v) is 3.44. The zero-order chi connectivity index (χ0) is 10.8. The van der Waals surface area contributed by atoms with E-state index in [9.17, 15) is 0 Å². The number of methoxy groups -OCH3 is 1. The van der Waals surface area contributed by atoms with Crippen molar-refractivity contribution in [2.75, 3.05) is 13.7 Å². The van der Waals surface area contributed by atoms with Crippen molar-refractivity contribution in [3.63, 3.8) is 0 Å². The Morgan fingerprint density at radius 3 is 3.00 bits per heavy atom. The lowest BCUT2D eigenvalue weighted by Crippen LogP contribution is -2.13. The number of hydrogen-bond donors (Lipinski definition) is 3. The van der Waals surface area contributed by atoms with Crippen molar-refractivity contribution < 1.29 is 9.84 Å². The molecule has 0 amide bonds. The number of aromatic amines is 1. The molecule has 0 bridgehead atoms. The highest BCUT2D eigenvalue weighted by atomic mass is 16.5. The van der Waals surface area contributed by atoms with Gasteiger partial charge >= 0.3 is 0 Å². The zero-order valence-corrected chi connectivity index (χ0v) is 8.53. The molecule has 0 spiro atoms. The number of aromatic nitrogens is 1. The van der Waals surface area contributed by atoms with Crippen LogP contribution in [-0.4, -0.2) is 23.8 Å². The topological polar surface area (TPSA) is 71.3 Å². The molecule has 1 heterocycles. The number of fused-ring (bicyclic) bond motifs is 1. The summed E-state index contributed by atoms with van der Waals surface area (Å²) in [5.74, 6) is 0.786. The van der Waals surface area contributed by atoms with E-state index in [0.29, 0.717) is 0 Å². The van der Waals surface area contributed by atoms with Gasteiger partial charge in [0.15, 0.2) is 0 Å². The summed E-state index contributed by atoms with van der Waals surface area (Å²) in [6, 6.07) is 5.37. The van der Waals surface area contributed by atoms with Crippen molar-refractivity contribution in [1.29, 1.82) is 0 Å². The molecule has 0 aliphatic heterocycles. The molecule has 0 saturated carbocycles. The van der Waals surface area contributed by atoms with E-state index in [4.69, 9.17) is 15.6 Å². The van der Waals surface area contributed by atoms with Crippen LogP contribution in [0.1, 0.15) is 11.6 Å². The summed E-state index contributed by atoms with van der Waals surface area (Å²) < 4.78 is 5.14. The SMILES string of the molecule is COc1ccc2[nH]cc([C@H](N)CO)c2c1. The molecule has 15 heavy (non-hydrogen) atoms. The van der Waals surface area contributed by atoms with Gasteiger partial charge in [-0.3, -0.25) is 0 Å². The first-order valence-electron chi connectivity index (χ1n) is 4.77. The summed E-state index contributed by atoms with van der Waals surface area (Å²) in [6.07, 6.45) is 1.82. The molecule has 2 aromatic rings. The molecule has 0 aliphatic rings. The lowest BCUT2D eigenvalue weighted by molar-refractivity contribution is 0.268. The maximum Gasteiger partial charge on any atom is 0.119 e. The monoisotopic (exact) mass is 206 g/mol. The Morgan fingerprint density at radius 2 is 2.33 bits per heavy atom. The molecular formula is C11H14N2O2. The molecule has 0 unspecified atom stereocenters. The van der Waals surface area contributed by atoms with Crippen LogP contribution in [-0.2, 0) is 0 Å². The van der Waals surface area contributed by atoms with Crippen LogP contribution in [0.4, 0.5) is 0 Å². The van der Waals surface area contributed by atoms with E-state index < -0.39 is 0 Å². The van der Waals surface area contributed by atoms with Crippen LogP contribution in [0.3, 0.4) is 0 Å². The lowest BCUT2D eigenvalue weighted by atomic mass is 10.1. The highest BCUT2D eigenvalue weighted by Gasteiger charge is 2.11. The van der Waals surface area contributed by atoms with Gasteiger partial charge in [-0.05, 0) is 23.8 Å². The molecule has 2 rings (SSSR count). The summed E-state index contributed by atoms with van der Waals surface area (Å²) in [4.78, 5) is 3.11. The normalized spacial score (nSPS) is 13.0. The van der Waals surface area contributed by atoms with Gasteiger partial charge in [-0.15, -0.1) is 0 Å². The van der Waals surface area contributed by atoms with Gasteiger partial charge in [0.2, 0.25) is 0 Å². The van der Waals surface area contributed by atoms with Gasteiger partial charge in [0.05, 0.1) is 19.8 Å². The maximum absolute atomic E-state index is 9.02. The molecule has 0 radical (unpaired) electrons. The van der Waals surface area contributed by atoms with Crippen molar-refractivity contribution in [2.24, 2.45) is 5.73 Å². The van der Waals surface area contributed by atoms with Gasteiger partial charge < -0.3 is 20.6 Å². The molecule has 0 saturated heterocycles. The van der Waals surface area contributed by atoms with Gasteiger partial charge in [0.25, 0.3) is 0 Å². The van der Waals surface area contributed by atoms with Crippen molar-refractivity contribution in [3.8, 4) is 5.75 Å². The van der Waals surface area contributed by atoms with E-state index in [1.807, 2.05) is 24.4 Å². The predicted molar refractivity (Wildman–Crippen MR) is 58.9 cm³/mol. The largest absolute Gasteiger partial charge is 0.497 e. The molecule has 4 N–H and O–H groups in total. The van der Waals surface area contributed by atoms with Crippen LogP contribution in [0.25, 0.3) is 10.9 Å². The standard InChI is InChI=1S/C11H14N2O2/c1-15-7-2-3-11-8(4-7)9(5-13-11)10(12)6-14/h2-5,10,13-14H,6,12H2,1H3/t10-/m1/s1. The van der Waals surface area contributed by atoms with Crippen LogP contribution in [0.15, 0.2) is 24.4 Å². The summed E-state index contributed by atoms with van der Waals surface area (Å²) in [5, 5.41) is 10.0. The van der Waals surface area contributed by atoms with E-state index >= 15 is 0 Å². The second-order valence-electron chi connectivity index (χ2n) is 3.44. The van der Waals surface area contributed by atoms with Gasteiger partial charge in [-0.2, -0.15) is 0 Å². The molecular weight excluding hydrogens is 192 g/mol. The lowest BCUT2D eigenvalue weighted by Gasteiger charge is -2.06.